The molecule has 5 heteroatoms. The first-order valence-corrected chi connectivity index (χ1v) is 8.49. The summed E-state index contributed by atoms with van der Waals surface area (Å²) in [6, 6.07) is 0.640. The van der Waals surface area contributed by atoms with Crippen molar-refractivity contribution in [2.75, 3.05) is 38.6 Å². The molecule has 114 valence electrons. The highest BCUT2D eigenvalue weighted by Crippen LogP contribution is 2.31. The van der Waals surface area contributed by atoms with Gasteiger partial charge in [-0.15, -0.1) is 11.3 Å². The van der Waals surface area contributed by atoms with Crippen LogP contribution < -0.4 is 10.2 Å². The largest absolute Gasteiger partial charge is 0.346 e. The van der Waals surface area contributed by atoms with E-state index >= 15 is 0 Å². The molecule has 0 aromatic carbocycles. The van der Waals surface area contributed by atoms with Crippen LogP contribution in [-0.2, 0) is 13.0 Å². The standard InChI is InChI=1S/C15H28N4S/c1-6-12-14(8-16-7-2)20-15(17-12)19-9-11(3)13(10-19)18(4)5/h11,13,16H,6-10H2,1-5H3. The molecule has 1 aromatic rings. The lowest BCUT2D eigenvalue weighted by Gasteiger charge is -2.22. The van der Waals surface area contributed by atoms with Crippen LogP contribution in [-0.4, -0.2) is 49.7 Å². The van der Waals surface area contributed by atoms with Crippen molar-refractivity contribution >= 4 is 16.5 Å². The number of likely N-dealkylation sites (N-methyl/N-ethyl adjacent to an activating group) is 1. The smallest absolute Gasteiger partial charge is 0.185 e. The van der Waals surface area contributed by atoms with E-state index in [1.54, 1.807) is 0 Å². The Labute approximate surface area is 127 Å². The summed E-state index contributed by atoms with van der Waals surface area (Å²) in [6.45, 7) is 10.9. The molecule has 2 unspecified atom stereocenters. The molecule has 0 bridgehead atoms. The molecule has 0 spiro atoms. The molecular weight excluding hydrogens is 268 g/mol. The summed E-state index contributed by atoms with van der Waals surface area (Å²) in [7, 11) is 4.36. The van der Waals surface area contributed by atoms with Crippen LogP contribution in [0.4, 0.5) is 5.13 Å². The van der Waals surface area contributed by atoms with E-state index in [0.717, 1.165) is 32.6 Å². The Morgan fingerprint density at radius 2 is 2.10 bits per heavy atom. The first-order chi connectivity index (χ1) is 9.56. The fourth-order valence-electron chi connectivity index (χ4n) is 2.94. The van der Waals surface area contributed by atoms with E-state index in [4.69, 9.17) is 4.98 Å². The molecule has 1 saturated heterocycles. The molecule has 1 aliphatic rings. The average molecular weight is 296 g/mol. The van der Waals surface area contributed by atoms with Crippen molar-refractivity contribution in [3.05, 3.63) is 10.6 Å². The Morgan fingerprint density at radius 1 is 1.35 bits per heavy atom. The normalized spacial score (nSPS) is 23.0. The highest BCUT2D eigenvalue weighted by atomic mass is 32.1. The Bertz CT molecular complexity index is 430. The van der Waals surface area contributed by atoms with E-state index in [1.165, 1.54) is 15.7 Å². The van der Waals surface area contributed by atoms with Gasteiger partial charge in [-0.25, -0.2) is 4.98 Å². The molecule has 1 fully saturated rings. The summed E-state index contributed by atoms with van der Waals surface area (Å²) in [5, 5.41) is 4.64. The quantitative estimate of drug-likeness (QED) is 0.872. The second-order valence-electron chi connectivity index (χ2n) is 5.91. The highest BCUT2D eigenvalue weighted by Gasteiger charge is 2.32. The van der Waals surface area contributed by atoms with E-state index in [2.05, 4.69) is 50.0 Å². The predicted molar refractivity (Wildman–Crippen MR) is 87.7 cm³/mol. The SMILES string of the molecule is CCNCc1sc(N2CC(C)C(N(C)C)C2)nc1CC. The maximum atomic E-state index is 4.88. The van der Waals surface area contributed by atoms with Crippen LogP contribution in [0.15, 0.2) is 0 Å². The van der Waals surface area contributed by atoms with Gasteiger partial charge in [0.1, 0.15) is 0 Å². The van der Waals surface area contributed by atoms with Crippen molar-refractivity contribution in [3.8, 4) is 0 Å². The number of anilines is 1. The second-order valence-corrected chi connectivity index (χ2v) is 6.98. The molecule has 2 atom stereocenters. The number of nitrogens with zero attached hydrogens (tertiary/aromatic N) is 3. The van der Waals surface area contributed by atoms with Gasteiger partial charge in [0.15, 0.2) is 5.13 Å². The minimum atomic E-state index is 0.640. The van der Waals surface area contributed by atoms with Gasteiger partial charge in [-0.2, -0.15) is 0 Å². The Morgan fingerprint density at radius 3 is 2.65 bits per heavy atom. The maximum Gasteiger partial charge on any atom is 0.185 e. The third-order valence-electron chi connectivity index (χ3n) is 4.14. The van der Waals surface area contributed by atoms with Gasteiger partial charge in [0.25, 0.3) is 0 Å². The summed E-state index contributed by atoms with van der Waals surface area (Å²) in [5.74, 6) is 0.705. The molecular formula is C15H28N4S. The zero-order valence-electron chi connectivity index (χ0n) is 13.4. The molecule has 2 heterocycles. The number of nitrogens with one attached hydrogen (secondary N) is 1. The number of thiazole rings is 1. The number of rotatable bonds is 6. The van der Waals surface area contributed by atoms with Crippen LogP contribution >= 0.6 is 11.3 Å². The van der Waals surface area contributed by atoms with Gasteiger partial charge in [0, 0.05) is 30.6 Å². The topological polar surface area (TPSA) is 31.4 Å². The van der Waals surface area contributed by atoms with E-state index < -0.39 is 0 Å². The molecule has 0 radical (unpaired) electrons. The van der Waals surface area contributed by atoms with Crippen molar-refractivity contribution in [3.63, 3.8) is 0 Å². The van der Waals surface area contributed by atoms with E-state index in [1.807, 2.05) is 11.3 Å². The van der Waals surface area contributed by atoms with Crippen LogP contribution in [0.1, 0.15) is 31.3 Å². The number of hydrogen-bond donors (Lipinski definition) is 1. The fourth-order valence-corrected chi connectivity index (χ4v) is 4.07. The maximum absolute atomic E-state index is 4.88. The van der Waals surface area contributed by atoms with E-state index in [0.29, 0.717) is 12.0 Å². The van der Waals surface area contributed by atoms with Gasteiger partial charge in [0.2, 0.25) is 0 Å². The van der Waals surface area contributed by atoms with Crippen molar-refractivity contribution in [1.82, 2.24) is 15.2 Å². The summed E-state index contributed by atoms with van der Waals surface area (Å²) >= 11 is 1.87. The van der Waals surface area contributed by atoms with Gasteiger partial charge in [0.05, 0.1) is 5.69 Å². The van der Waals surface area contributed by atoms with Crippen molar-refractivity contribution in [1.29, 1.82) is 0 Å². The van der Waals surface area contributed by atoms with E-state index in [9.17, 15) is 0 Å². The second kappa shape index (κ2) is 6.87. The zero-order chi connectivity index (χ0) is 14.7. The fraction of sp³-hybridized carbons (Fsp3) is 0.800. The lowest BCUT2D eigenvalue weighted by molar-refractivity contribution is 0.266. The lowest BCUT2D eigenvalue weighted by Crippen LogP contribution is -2.34. The highest BCUT2D eigenvalue weighted by molar-refractivity contribution is 7.15. The van der Waals surface area contributed by atoms with Crippen LogP contribution in [0.3, 0.4) is 0 Å². The lowest BCUT2D eigenvalue weighted by atomic mass is 10.1. The Balaban J connectivity index is 2.11. The minimum Gasteiger partial charge on any atom is -0.346 e. The summed E-state index contributed by atoms with van der Waals surface area (Å²) < 4.78 is 0. The van der Waals surface area contributed by atoms with E-state index in [-0.39, 0.29) is 0 Å². The Hall–Kier alpha value is -0.650. The molecule has 1 aromatic heterocycles. The number of aromatic nitrogens is 1. The van der Waals surface area contributed by atoms with Crippen molar-refractivity contribution in [2.45, 2.75) is 39.8 Å². The number of hydrogen-bond acceptors (Lipinski definition) is 5. The zero-order valence-corrected chi connectivity index (χ0v) is 14.3. The van der Waals surface area contributed by atoms with Crippen molar-refractivity contribution in [2.24, 2.45) is 5.92 Å². The first-order valence-electron chi connectivity index (χ1n) is 7.67. The first kappa shape index (κ1) is 15.7. The van der Waals surface area contributed by atoms with Crippen LogP contribution in [0.25, 0.3) is 0 Å². The van der Waals surface area contributed by atoms with Crippen molar-refractivity contribution < 1.29 is 0 Å². The third kappa shape index (κ3) is 3.32. The predicted octanol–water partition coefficient (Wildman–Crippen LogP) is 2.20. The molecule has 20 heavy (non-hydrogen) atoms. The summed E-state index contributed by atoms with van der Waals surface area (Å²) in [5.41, 5.74) is 1.27. The minimum absolute atomic E-state index is 0.640. The van der Waals surface area contributed by atoms with Crippen LogP contribution in [0, 0.1) is 5.92 Å². The Kier molecular flexibility index (Phi) is 5.41. The van der Waals surface area contributed by atoms with Gasteiger partial charge >= 0.3 is 0 Å². The van der Waals surface area contributed by atoms with Gasteiger partial charge in [-0.05, 0) is 33.0 Å². The molecule has 2 rings (SSSR count). The summed E-state index contributed by atoms with van der Waals surface area (Å²) in [6.07, 6.45) is 1.03. The molecule has 4 nitrogen and oxygen atoms in total. The molecule has 0 amide bonds. The van der Waals surface area contributed by atoms with Gasteiger partial charge < -0.3 is 15.1 Å². The third-order valence-corrected chi connectivity index (χ3v) is 5.30. The number of aryl methyl sites for hydroxylation is 1. The average Bonchev–Trinajstić information content (AvgIpc) is 2.99. The van der Waals surface area contributed by atoms with Crippen LogP contribution in [0.5, 0.6) is 0 Å². The van der Waals surface area contributed by atoms with Gasteiger partial charge in [-0.3, -0.25) is 0 Å². The molecule has 1 N–H and O–H groups in total. The van der Waals surface area contributed by atoms with Gasteiger partial charge in [-0.1, -0.05) is 20.8 Å². The molecule has 1 aliphatic heterocycles. The molecule has 0 aliphatic carbocycles. The molecule has 0 saturated carbocycles. The van der Waals surface area contributed by atoms with Crippen LogP contribution in [0.2, 0.25) is 0 Å². The summed E-state index contributed by atoms with van der Waals surface area (Å²) in [4.78, 5) is 11.1. The monoisotopic (exact) mass is 296 g/mol.